The maximum atomic E-state index is 5.64. The highest BCUT2D eigenvalue weighted by Crippen LogP contribution is 2.24. The molecule has 0 saturated heterocycles. The lowest BCUT2D eigenvalue weighted by atomic mass is 10.2. The summed E-state index contributed by atoms with van der Waals surface area (Å²) >= 11 is 10.2. The van der Waals surface area contributed by atoms with E-state index in [9.17, 15) is 0 Å². The van der Waals surface area contributed by atoms with Gasteiger partial charge in [0.2, 0.25) is 0 Å². The van der Waals surface area contributed by atoms with Crippen LogP contribution in [-0.2, 0) is 6.54 Å². The lowest BCUT2D eigenvalue weighted by molar-refractivity contribution is 0.927. The molecule has 0 bridgehead atoms. The third-order valence-electron chi connectivity index (χ3n) is 2.66. The summed E-state index contributed by atoms with van der Waals surface area (Å²) in [6.45, 7) is 0.891. The third kappa shape index (κ3) is 3.10. The summed E-state index contributed by atoms with van der Waals surface area (Å²) in [4.78, 5) is 2.60. The number of thiophene rings is 1. The smallest absolute Gasteiger partial charge is 0.105 e. The Bertz CT molecular complexity index is 552. The van der Waals surface area contributed by atoms with Crippen molar-refractivity contribution in [2.75, 3.05) is 11.9 Å². The Morgan fingerprint density at radius 1 is 1.44 bits per heavy atom. The molecule has 1 aromatic carbocycles. The Morgan fingerprint density at radius 3 is 2.78 bits per heavy atom. The Balaban J connectivity index is 2.18. The van der Waals surface area contributed by atoms with Gasteiger partial charge in [-0.15, -0.1) is 0 Å². The van der Waals surface area contributed by atoms with E-state index in [-0.39, 0.29) is 0 Å². The molecule has 0 radical (unpaired) electrons. The van der Waals surface area contributed by atoms with E-state index in [2.05, 4.69) is 44.7 Å². The van der Waals surface area contributed by atoms with E-state index < -0.39 is 0 Å². The van der Waals surface area contributed by atoms with Crippen molar-refractivity contribution in [1.82, 2.24) is 0 Å². The van der Waals surface area contributed by atoms with Crippen LogP contribution in [0.4, 0.5) is 5.69 Å². The van der Waals surface area contributed by atoms with Gasteiger partial charge in [-0.1, -0.05) is 12.2 Å². The molecule has 2 N–H and O–H groups in total. The Labute approximate surface area is 125 Å². The molecule has 18 heavy (non-hydrogen) atoms. The van der Waals surface area contributed by atoms with Crippen LogP contribution in [0.1, 0.15) is 11.1 Å². The van der Waals surface area contributed by atoms with Gasteiger partial charge in [0.05, 0.1) is 0 Å². The number of halogens is 1. The summed E-state index contributed by atoms with van der Waals surface area (Å²) in [6, 6.07) is 8.16. The standard InChI is InChI=1S/C13H13BrN2S2/c1-16(7-9-4-5-18-8-9)10-2-3-11(13(15)17)12(14)6-10/h2-6,8H,7H2,1H3,(H2,15,17). The Morgan fingerprint density at radius 2 is 2.22 bits per heavy atom. The highest BCUT2D eigenvalue weighted by Gasteiger charge is 2.07. The summed E-state index contributed by atoms with van der Waals surface area (Å²) in [6.07, 6.45) is 0. The minimum Gasteiger partial charge on any atom is -0.389 e. The molecule has 1 heterocycles. The summed E-state index contributed by atoms with van der Waals surface area (Å²) in [5, 5.41) is 4.25. The molecular weight excluding hydrogens is 328 g/mol. The van der Waals surface area contributed by atoms with Gasteiger partial charge >= 0.3 is 0 Å². The number of benzene rings is 1. The highest BCUT2D eigenvalue weighted by molar-refractivity contribution is 9.10. The molecule has 2 nitrogen and oxygen atoms in total. The summed E-state index contributed by atoms with van der Waals surface area (Å²) in [5.74, 6) is 0. The molecule has 94 valence electrons. The van der Waals surface area contributed by atoms with E-state index in [0.29, 0.717) is 4.99 Å². The number of hydrogen-bond donors (Lipinski definition) is 1. The first-order valence-corrected chi connectivity index (χ1v) is 7.54. The molecule has 2 aromatic rings. The molecule has 0 aliphatic rings. The van der Waals surface area contributed by atoms with Gasteiger partial charge in [0.1, 0.15) is 4.99 Å². The first-order valence-electron chi connectivity index (χ1n) is 5.39. The van der Waals surface area contributed by atoms with E-state index in [0.717, 1.165) is 22.3 Å². The van der Waals surface area contributed by atoms with Crippen LogP contribution in [0, 0.1) is 0 Å². The summed E-state index contributed by atoms with van der Waals surface area (Å²) < 4.78 is 0.935. The van der Waals surface area contributed by atoms with E-state index >= 15 is 0 Å². The third-order valence-corrected chi connectivity index (χ3v) is 4.27. The van der Waals surface area contributed by atoms with Crippen LogP contribution >= 0.6 is 39.5 Å². The molecular formula is C13H13BrN2S2. The molecule has 0 amide bonds. The number of hydrogen-bond acceptors (Lipinski definition) is 3. The second kappa shape index (κ2) is 5.82. The molecule has 0 unspecified atom stereocenters. The van der Waals surface area contributed by atoms with Crippen LogP contribution in [0.15, 0.2) is 39.5 Å². The number of nitrogens with two attached hydrogens (primary N) is 1. The van der Waals surface area contributed by atoms with E-state index in [1.807, 2.05) is 18.2 Å². The van der Waals surface area contributed by atoms with Crippen molar-refractivity contribution >= 4 is 50.2 Å². The SMILES string of the molecule is CN(Cc1ccsc1)c1ccc(C(N)=S)c(Br)c1. The van der Waals surface area contributed by atoms with Crippen LogP contribution in [0.3, 0.4) is 0 Å². The largest absolute Gasteiger partial charge is 0.389 e. The molecule has 0 saturated carbocycles. The predicted molar refractivity (Wildman–Crippen MR) is 86.5 cm³/mol. The molecule has 0 aliphatic carbocycles. The zero-order valence-electron chi connectivity index (χ0n) is 9.89. The first kappa shape index (κ1) is 13.5. The quantitative estimate of drug-likeness (QED) is 0.858. The van der Waals surface area contributed by atoms with Crippen LogP contribution in [-0.4, -0.2) is 12.0 Å². The van der Waals surface area contributed by atoms with Gasteiger partial charge in [-0.3, -0.25) is 0 Å². The van der Waals surface area contributed by atoms with Gasteiger partial charge in [0.15, 0.2) is 0 Å². The van der Waals surface area contributed by atoms with Crippen LogP contribution in [0.25, 0.3) is 0 Å². The maximum absolute atomic E-state index is 5.64. The average Bonchev–Trinajstić information content (AvgIpc) is 2.81. The number of nitrogens with zero attached hydrogens (tertiary/aromatic N) is 1. The van der Waals surface area contributed by atoms with Crippen molar-refractivity contribution in [3.05, 3.63) is 50.6 Å². The van der Waals surface area contributed by atoms with Crippen molar-refractivity contribution < 1.29 is 0 Å². The monoisotopic (exact) mass is 340 g/mol. The van der Waals surface area contributed by atoms with E-state index in [1.54, 1.807) is 11.3 Å². The minimum absolute atomic E-state index is 0.411. The van der Waals surface area contributed by atoms with Gasteiger partial charge in [0, 0.05) is 29.3 Å². The van der Waals surface area contributed by atoms with Crippen LogP contribution in [0.2, 0.25) is 0 Å². The number of rotatable bonds is 4. The fourth-order valence-corrected chi connectivity index (χ4v) is 3.24. The van der Waals surface area contributed by atoms with E-state index in [1.165, 1.54) is 5.56 Å². The molecule has 0 spiro atoms. The van der Waals surface area contributed by atoms with Crippen molar-refractivity contribution in [2.24, 2.45) is 5.73 Å². The number of anilines is 1. The Kier molecular flexibility index (Phi) is 4.37. The fraction of sp³-hybridized carbons (Fsp3) is 0.154. The predicted octanol–water partition coefficient (Wildman–Crippen LogP) is 3.78. The van der Waals surface area contributed by atoms with Gasteiger partial charge in [-0.05, 0) is 56.5 Å². The normalized spacial score (nSPS) is 10.3. The second-order valence-corrected chi connectivity index (χ2v) is 6.09. The summed E-state index contributed by atoms with van der Waals surface area (Å²) in [7, 11) is 2.07. The molecule has 0 atom stereocenters. The second-order valence-electron chi connectivity index (χ2n) is 4.02. The molecule has 5 heteroatoms. The lowest BCUT2D eigenvalue weighted by Crippen LogP contribution is -2.17. The van der Waals surface area contributed by atoms with Crippen molar-refractivity contribution in [3.63, 3.8) is 0 Å². The van der Waals surface area contributed by atoms with Crippen LogP contribution < -0.4 is 10.6 Å². The van der Waals surface area contributed by atoms with Crippen LogP contribution in [0.5, 0.6) is 0 Å². The first-order chi connectivity index (χ1) is 8.58. The maximum Gasteiger partial charge on any atom is 0.105 e. The highest BCUT2D eigenvalue weighted by atomic mass is 79.9. The topological polar surface area (TPSA) is 29.3 Å². The van der Waals surface area contributed by atoms with Crippen molar-refractivity contribution in [2.45, 2.75) is 6.54 Å². The minimum atomic E-state index is 0.411. The van der Waals surface area contributed by atoms with E-state index in [4.69, 9.17) is 18.0 Å². The average molecular weight is 341 g/mol. The van der Waals surface area contributed by atoms with Gasteiger partial charge in [0.25, 0.3) is 0 Å². The number of thiocarbonyl (C=S) groups is 1. The molecule has 0 aliphatic heterocycles. The Hall–Kier alpha value is -0.910. The van der Waals surface area contributed by atoms with Gasteiger partial charge in [-0.25, -0.2) is 0 Å². The van der Waals surface area contributed by atoms with Crippen molar-refractivity contribution in [1.29, 1.82) is 0 Å². The molecule has 1 aromatic heterocycles. The summed E-state index contributed by atoms with van der Waals surface area (Å²) in [5.41, 5.74) is 8.96. The lowest BCUT2D eigenvalue weighted by Gasteiger charge is -2.19. The molecule has 0 fully saturated rings. The molecule has 2 rings (SSSR count). The fourth-order valence-electron chi connectivity index (χ4n) is 1.69. The van der Waals surface area contributed by atoms with Gasteiger partial charge < -0.3 is 10.6 Å². The van der Waals surface area contributed by atoms with Gasteiger partial charge in [-0.2, -0.15) is 11.3 Å². The zero-order valence-corrected chi connectivity index (χ0v) is 13.1. The van der Waals surface area contributed by atoms with Crippen molar-refractivity contribution in [3.8, 4) is 0 Å². The zero-order chi connectivity index (χ0) is 13.1.